The van der Waals surface area contributed by atoms with Crippen molar-refractivity contribution < 1.29 is 14.3 Å². The van der Waals surface area contributed by atoms with Gasteiger partial charge in [0.25, 0.3) is 0 Å². The Labute approximate surface area is 123 Å². The number of aliphatic hydroxyl groups excluding tert-OH is 1. The summed E-state index contributed by atoms with van der Waals surface area (Å²) in [6, 6.07) is 14.1. The number of nitrogens with one attached hydrogen (secondary N) is 1. The monoisotopic (exact) mass is 287 g/mol. The van der Waals surface area contributed by atoms with Crippen LogP contribution in [0.2, 0.25) is 0 Å². The molecule has 0 aliphatic heterocycles. The van der Waals surface area contributed by atoms with Crippen molar-refractivity contribution in [3.05, 3.63) is 59.9 Å². The third kappa shape index (κ3) is 3.67. The molecule has 2 aromatic rings. The first kappa shape index (κ1) is 15.2. The Morgan fingerprint density at radius 1 is 1.24 bits per heavy atom. The van der Waals surface area contributed by atoms with E-state index in [9.17, 15) is 9.18 Å². The molecule has 0 aromatic heterocycles. The number of rotatable bonds is 5. The van der Waals surface area contributed by atoms with Crippen LogP contribution in [-0.2, 0) is 4.79 Å². The number of carbonyl (C=O) groups is 1. The Hall–Kier alpha value is -2.20. The van der Waals surface area contributed by atoms with Gasteiger partial charge in [-0.2, -0.15) is 0 Å². The summed E-state index contributed by atoms with van der Waals surface area (Å²) in [5, 5.41) is 11.3. The molecule has 110 valence electrons. The Balaban J connectivity index is 2.21. The van der Waals surface area contributed by atoms with Gasteiger partial charge < -0.3 is 10.4 Å². The van der Waals surface area contributed by atoms with E-state index < -0.39 is 5.92 Å². The van der Waals surface area contributed by atoms with Crippen molar-refractivity contribution in [1.82, 2.24) is 5.32 Å². The summed E-state index contributed by atoms with van der Waals surface area (Å²) in [4.78, 5) is 11.8. The molecule has 3 nitrogen and oxygen atoms in total. The molecule has 2 N–H and O–H groups in total. The SMILES string of the molecule is C[C@H](C(=O)NCCO)c1ccc(-c2ccccc2)c(F)c1. The highest BCUT2D eigenvalue weighted by Crippen LogP contribution is 2.26. The van der Waals surface area contributed by atoms with E-state index in [0.717, 1.165) is 5.56 Å². The molecule has 0 heterocycles. The fourth-order valence-corrected chi connectivity index (χ4v) is 2.14. The van der Waals surface area contributed by atoms with E-state index in [2.05, 4.69) is 5.32 Å². The van der Waals surface area contributed by atoms with E-state index in [-0.39, 0.29) is 24.9 Å². The maximum atomic E-state index is 14.2. The molecule has 0 saturated carbocycles. The normalized spacial score (nSPS) is 12.0. The van der Waals surface area contributed by atoms with E-state index in [1.54, 1.807) is 19.1 Å². The average Bonchev–Trinajstić information content (AvgIpc) is 2.52. The van der Waals surface area contributed by atoms with E-state index in [1.165, 1.54) is 6.07 Å². The molecular weight excluding hydrogens is 269 g/mol. The van der Waals surface area contributed by atoms with Gasteiger partial charge in [-0.05, 0) is 24.1 Å². The summed E-state index contributed by atoms with van der Waals surface area (Å²) in [6.07, 6.45) is 0. The number of halogens is 1. The minimum absolute atomic E-state index is 0.111. The first-order valence-electron chi connectivity index (χ1n) is 6.87. The highest BCUT2D eigenvalue weighted by atomic mass is 19.1. The van der Waals surface area contributed by atoms with E-state index in [4.69, 9.17) is 5.11 Å². The fraction of sp³-hybridized carbons (Fsp3) is 0.235. The second-order valence-corrected chi connectivity index (χ2v) is 4.84. The lowest BCUT2D eigenvalue weighted by Crippen LogP contribution is -2.30. The Kier molecular flexibility index (Phi) is 5.06. The molecule has 2 rings (SSSR count). The van der Waals surface area contributed by atoms with Crippen LogP contribution in [0.25, 0.3) is 11.1 Å². The van der Waals surface area contributed by atoms with E-state index in [0.29, 0.717) is 11.1 Å². The highest BCUT2D eigenvalue weighted by molar-refractivity contribution is 5.83. The second kappa shape index (κ2) is 6.99. The largest absolute Gasteiger partial charge is 0.395 e. The van der Waals surface area contributed by atoms with Crippen molar-refractivity contribution in [3.8, 4) is 11.1 Å². The molecule has 0 aliphatic rings. The Bertz CT molecular complexity index is 613. The maximum Gasteiger partial charge on any atom is 0.227 e. The van der Waals surface area contributed by atoms with Crippen molar-refractivity contribution in [2.45, 2.75) is 12.8 Å². The third-order valence-electron chi connectivity index (χ3n) is 3.38. The summed E-state index contributed by atoms with van der Waals surface area (Å²) in [6.45, 7) is 1.80. The van der Waals surface area contributed by atoms with Crippen LogP contribution in [-0.4, -0.2) is 24.2 Å². The predicted octanol–water partition coefficient (Wildman–Crippen LogP) is 2.70. The lowest BCUT2D eigenvalue weighted by atomic mass is 9.96. The van der Waals surface area contributed by atoms with Gasteiger partial charge in [0.2, 0.25) is 5.91 Å². The average molecular weight is 287 g/mol. The van der Waals surface area contributed by atoms with Crippen molar-refractivity contribution in [1.29, 1.82) is 0 Å². The van der Waals surface area contributed by atoms with Crippen LogP contribution in [0.5, 0.6) is 0 Å². The van der Waals surface area contributed by atoms with Crippen LogP contribution >= 0.6 is 0 Å². The standard InChI is InChI=1S/C17H18FNO2/c1-12(17(21)19-9-10-20)14-7-8-15(16(18)11-14)13-5-3-2-4-6-13/h2-8,11-12,20H,9-10H2,1H3,(H,19,21)/t12-/m0/s1. The number of amides is 1. The molecule has 4 heteroatoms. The summed E-state index contributed by atoms with van der Waals surface area (Å²) in [7, 11) is 0. The summed E-state index contributed by atoms with van der Waals surface area (Å²) in [5.74, 6) is -1.03. The van der Waals surface area contributed by atoms with Gasteiger partial charge in [0.05, 0.1) is 12.5 Å². The van der Waals surface area contributed by atoms with Crippen LogP contribution in [0.1, 0.15) is 18.4 Å². The smallest absolute Gasteiger partial charge is 0.227 e. The van der Waals surface area contributed by atoms with Gasteiger partial charge >= 0.3 is 0 Å². The first-order chi connectivity index (χ1) is 10.1. The van der Waals surface area contributed by atoms with Gasteiger partial charge in [-0.15, -0.1) is 0 Å². The van der Waals surface area contributed by atoms with E-state index >= 15 is 0 Å². The maximum absolute atomic E-state index is 14.2. The number of benzene rings is 2. The highest BCUT2D eigenvalue weighted by Gasteiger charge is 2.16. The molecule has 2 aromatic carbocycles. The topological polar surface area (TPSA) is 49.3 Å². The van der Waals surface area contributed by atoms with Crippen LogP contribution in [0, 0.1) is 5.82 Å². The van der Waals surface area contributed by atoms with Crippen LogP contribution in [0.3, 0.4) is 0 Å². The quantitative estimate of drug-likeness (QED) is 0.888. The van der Waals surface area contributed by atoms with Crippen LogP contribution < -0.4 is 5.32 Å². The summed E-state index contributed by atoms with van der Waals surface area (Å²) >= 11 is 0. The summed E-state index contributed by atoms with van der Waals surface area (Å²) < 4.78 is 14.2. The zero-order valence-corrected chi connectivity index (χ0v) is 11.8. The molecule has 1 amide bonds. The minimum Gasteiger partial charge on any atom is -0.395 e. The summed E-state index contributed by atoms with van der Waals surface area (Å²) in [5.41, 5.74) is 1.93. The molecule has 0 spiro atoms. The van der Waals surface area contributed by atoms with Crippen molar-refractivity contribution in [2.24, 2.45) is 0 Å². The molecule has 0 unspecified atom stereocenters. The van der Waals surface area contributed by atoms with Gasteiger partial charge in [-0.3, -0.25) is 4.79 Å². The molecule has 0 radical (unpaired) electrons. The number of hydrogen-bond acceptors (Lipinski definition) is 2. The lowest BCUT2D eigenvalue weighted by Gasteiger charge is -2.13. The fourth-order valence-electron chi connectivity index (χ4n) is 2.14. The van der Waals surface area contributed by atoms with Gasteiger partial charge in [-0.25, -0.2) is 4.39 Å². The first-order valence-corrected chi connectivity index (χ1v) is 6.87. The van der Waals surface area contributed by atoms with Crippen molar-refractivity contribution in [2.75, 3.05) is 13.2 Å². The number of carbonyl (C=O) groups excluding carboxylic acids is 1. The third-order valence-corrected chi connectivity index (χ3v) is 3.38. The molecule has 0 saturated heterocycles. The van der Waals surface area contributed by atoms with Gasteiger partial charge in [0, 0.05) is 12.1 Å². The van der Waals surface area contributed by atoms with Crippen molar-refractivity contribution >= 4 is 5.91 Å². The molecule has 0 aliphatic carbocycles. The second-order valence-electron chi connectivity index (χ2n) is 4.84. The van der Waals surface area contributed by atoms with Gasteiger partial charge in [0.15, 0.2) is 0 Å². The zero-order valence-electron chi connectivity index (χ0n) is 11.8. The minimum atomic E-state index is -0.462. The number of aliphatic hydroxyl groups is 1. The zero-order chi connectivity index (χ0) is 15.2. The Morgan fingerprint density at radius 2 is 1.95 bits per heavy atom. The van der Waals surface area contributed by atoms with Crippen LogP contribution in [0.4, 0.5) is 4.39 Å². The number of hydrogen-bond donors (Lipinski definition) is 2. The molecule has 0 fully saturated rings. The molecule has 21 heavy (non-hydrogen) atoms. The van der Waals surface area contributed by atoms with Gasteiger partial charge in [0.1, 0.15) is 5.82 Å². The van der Waals surface area contributed by atoms with Gasteiger partial charge in [-0.1, -0.05) is 42.5 Å². The van der Waals surface area contributed by atoms with Crippen LogP contribution in [0.15, 0.2) is 48.5 Å². The molecule has 0 bridgehead atoms. The van der Waals surface area contributed by atoms with E-state index in [1.807, 2.05) is 30.3 Å². The Morgan fingerprint density at radius 3 is 2.57 bits per heavy atom. The molecular formula is C17H18FNO2. The molecule has 1 atom stereocenters. The predicted molar refractivity (Wildman–Crippen MR) is 80.3 cm³/mol. The van der Waals surface area contributed by atoms with Crippen molar-refractivity contribution in [3.63, 3.8) is 0 Å². The lowest BCUT2D eigenvalue weighted by molar-refractivity contribution is -0.122.